The minimum absolute atomic E-state index is 0.385. The summed E-state index contributed by atoms with van der Waals surface area (Å²) in [7, 11) is 0. The molecule has 0 amide bonds. The van der Waals surface area contributed by atoms with E-state index in [0.717, 1.165) is 17.4 Å². The number of halogens is 1. The van der Waals surface area contributed by atoms with E-state index in [1.165, 1.54) is 11.1 Å². The maximum atomic E-state index is 3.61. The molecule has 0 bridgehead atoms. The first-order chi connectivity index (χ1) is 9.66. The lowest BCUT2D eigenvalue weighted by atomic mass is 9.98. The van der Waals surface area contributed by atoms with Gasteiger partial charge >= 0.3 is 0 Å². The fourth-order valence-corrected chi connectivity index (χ4v) is 2.78. The van der Waals surface area contributed by atoms with E-state index >= 15 is 0 Å². The SMILES string of the molecule is CC(CCN[C@H](C)c1cccc(Br)c1)c1ccccc1. The Morgan fingerprint density at radius 1 is 0.950 bits per heavy atom. The Bertz CT molecular complexity index is 524. The lowest BCUT2D eigenvalue weighted by Gasteiger charge is -2.17. The molecule has 0 saturated heterocycles. The molecular formula is C18H22BrN. The van der Waals surface area contributed by atoms with E-state index in [1.807, 2.05) is 0 Å². The van der Waals surface area contributed by atoms with Crippen LogP contribution in [0.3, 0.4) is 0 Å². The zero-order valence-electron chi connectivity index (χ0n) is 12.1. The molecule has 2 heteroatoms. The van der Waals surface area contributed by atoms with Crippen LogP contribution < -0.4 is 5.32 Å². The molecule has 1 N–H and O–H groups in total. The van der Waals surface area contributed by atoms with Crippen LogP contribution in [0, 0.1) is 0 Å². The molecule has 0 spiro atoms. The van der Waals surface area contributed by atoms with Gasteiger partial charge in [-0.3, -0.25) is 0 Å². The molecule has 0 aromatic heterocycles. The van der Waals surface area contributed by atoms with Crippen LogP contribution in [0.15, 0.2) is 59.1 Å². The molecule has 20 heavy (non-hydrogen) atoms. The largest absolute Gasteiger partial charge is 0.310 e. The second-order valence-electron chi connectivity index (χ2n) is 5.33. The highest BCUT2D eigenvalue weighted by Gasteiger charge is 2.07. The first-order valence-electron chi connectivity index (χ1n) is 7.20. The van der Waals surface area contributed by atoms with Gasteiger partial charge in [0.15, 0.2) is 0 Å². The van der Waals surface area contributed by atoms with Gasteiger partial charge in [0.1, 0.15) is 0 Å². The summed E-state index contributed by atoms with van der Waals surface area (Å²) in [4.78, 5) is 0. The van der Waals surface area contributed by atoms with Crippen LogP contribution in [-0.2, 0) is 0 Å². The maximum Gasteiger partial charge on any atom is 0.0292 e. The van der Waals surface area contributed by atoms with Gasteiger partial charge in [-0.1, -0.05) is 65.3 Å². The Labute approximate surface area is 130 Å². The van der Waals surface area contributed by atoms with Gasteiger partial charge in [0.25, 0.3) is 0 Å². The second-order valence-corrected chi connectivity index (χ2v) is 6.25. The number of hydrogen-bond acceptors (Lipinski definition) is 1. The molecule has 106 valence electrons. The molecule has 0 saturated carbocycles. The molecule has 0 radical (unpaired) electrons. The van der Waals surface area contributed by atoms with Gasteiger partial charge in [-0.2, -0.15) is 0 Å². The van der Waals surface area contributed by atoms with Gasteiger partial charge in [-0.15, -0.1) is 0 Å². The normalized spacial score (nSPS) is 13.9. The van der Waals surface area contributed by atoms with Crippen LogP contribution in [0.4, 0.5) is 0 Å². The summed E-state index contributed by atoms with van der Waals surface area (Å²) in [5, 5.41) is 3.61. The number of rotatable bonds is 6. The average Bonchev–Trinajstić information content (AvgIpc) is 2.48. The smallest absolute Gasteiger partial charge is 0.0292 e. The van der Waals surface area contributed by atoms with E-state index in [-0.39, 0.29) is 0 Å². The van der Waals surface area contributed by atoms with Crippen molar-refractivity contribution in [2.45, 2.75) is 32.2 Å². The Morgan fingerprint density at radius 3 is 2.35 bits per heavy atom. The number of nitrogens with one attached hydrogen (secondary N) is 1. The topological polar surface area (TPSA) is 12.0 Å². The first kappa shape index (κ1) is 15.3. The standard InChI is InChI=1S/C18H22BrN/c1-14(16-7-4-3-5-8-16)11-12-20-15(2)17-9-6-10-18(19)13-17/h3-10,13-15,20H,11-12H2,1-2H3/t14?,15-/m1/s1. The minimum atomic E-state index is 0.385. The first-order valence-corrected chi connectivity index (χ1v) is 8.00. The fourth-order valence-electron chi connectivity index (χ4n) is 2.36. The molecule has 1 unspecified atom stereocenters. The highest BCUT2D eigenvalue weighted by molar-refractivity contribution is 9.10. The molecule has 2 rings (SSSR count). The van der Waals surface area contributed by atoms with Crippen molar-refractivity contribution in [1.29, 1.82) is 0 Å². The maximum absolute atomic E-state index is 3.61. The van der Waals surface area contributed by atoms with E-state index in [0.29, 0.717) is 12.0 Å². The van der Waals surface area contributed by atoms with Gasteiger partial charge in [-0.05, 0) is 49.1 Å². The summed E-state index contributed by atoms with van der Waals surface area (Å²) >= 11 is 3.52. The number of hydrogen-bond donors (Lipinski definition) is 1. The summed E-state index contributed by atoms with van der Waals surface area (Å²) in [5.74, 6) is 0.596. The van der Waals surface area contributed by atoms with Crippen LogP contribution in [0.2, 0.25) is 0 Å². The Balaban J connectivity index is 1.81. The fraction of sp³-hybridized carbons (Fsp3) is 0.333. The van der Waals surface area contributed by atoms with Gasteiger partial charge in [0.05, 0.1) is 0 Å². The average molecular weight is 332 g/mol. The summed E-state index contributed by atoms with van der Waals surface area (Å²) in [6, 6.07) is 19.6. The predicted molar refractivity (Wildman–Crippen MR) is 90.0 cm³/mol. The Hall–Kier alpha value is -1.12. The molecule has 2 aromatic rings. The lowest BCUT2D eigenvalue weighted by Crippen LogP contribution is -2.21. The molecular weight excluding hydrogens is 310 g/mol. The monoisotopic (exact) mass is 331 g/mol. The summed E-state index contributed by atoms with van der Waals surface area (Å²) in [6.07, 6.45) is 1.16. The predicted octanol–water partition coefficient (Wildman–Crippen LogP) is 5.29. The lowest BCUT2D eigenvalue weighted by molar-refractivity contribution is 0.531. The van der Waals surface area contributed by atoms with Crippen molar-refractivity contribution in [3.05, 3.63) is 70.2 Å². The molecule has 0 fully saturated rings. The second kappa shape index (κ2) is 7.61. The number of benzene rings is 2. The molecule has 0 heterocycles. The minimum Gasteiger partial charge on any atom is -0.310 e. The molecule has 2 atom stereocenters. The van der Waals surface area contributed by atoms with Crippen LogP contribution in [0.25, 0.3) is 0 Å². The van der Waals surface area contributed by atoms with Crippen molar-refractivity contribution in [3.8, 4) is 0 Å². The summed E-state index contributed by atoms with van der Waals surface area (Å²) in [6.45, 7) is 5.54. The Morgan fingerprint density at radius 2 is 1.65 bits per heavy atom. The van der Waals surface area contributed by atoms with Gasteiger partial charge in [0, 0.05) is 10.5 Å². The summed E-state index contributed by atoms with van der Waals surface area (Å²) in [5.41, 5.74) is 2.75. The van der Waals surface area contributed by atoms with Gasteiger partial charge < -0.3 is 5.32 Å². The van der Waals surface area contributed by atoms with Crippen molar-refractivity contribution in [3.63, 3.8) is 0 Å². The quantitative estimate of drug-likeness (QED) is 0.757. The van der Waals surface area contributed by atoms with E-state index in [9.17, 15) is 0 Å². The molecule has 0 aliphatic heterocycles. The molecule has 1 nitrogen and oxygen atoms in total. The third kappa shape index (κ3) is 4.46. The van der Waals surface area contributed by atoms with Crippen molar-refractivity contribution >= 4 is 15.9 Å². The third-order valence-electron chi connectivity index (χ3n) is 3.75. The third-order valence-corrected chi connectivity index (χ3v) is 4.24. The molecule has 0 aliphatic rings. The highest BCUT2D eigenvalue weighted by atomic mass is 79.9. The van der Waals surface area contributed by atoms with Crippen molar-refractivity contribution in [2.75, 3.05) is 6.54 Å². The Kier molecular flexibility index (Phi) is 5.81. The zero-order chi connectivity index (χ0) is 14.4. The van der Waals surface area contributed by atoms with Crippen molar-refractivity contribution in [1.82, 2.24) is 5.32 Å². The van der Waals surface area contributed by atoms with Crippen LogP contribution in [-0.4, -0.2) is 6.54 Å². The van der Waals surface area contributed by atoms with E-state index in [4.69, 9.17) is 0 Å². The zero-order valence-corrected chi connectivity index (χ0v) is 13.7. The van der Waals surface area contributed by atoms with E-state index in [2.05, 4.69) is 89.7 Å². The molecule has 0 aliphatic carbocycles. The summed E-state index contributed by atoms with van der Waals surface area (Å²) < 4.78 is 1.14. The highest BCUT2D eigenvalue weighted by Crippen LogP contribution is 2.20. The van der Waals surface area contributed by atoms with Crippen LogP contribution >= 0.6 is 15.9 Å². The van der Waals surface area contributed by atoms with E-state index in [1.54, 1.807) is 0 Å². The van der Waals surface area contributed by atoms with Gasteiger partial charge in [-0.25, -0.2) is 0 Å². The van der Waals surface area contributed by atoms with Crippen LogP contribution in [0.5, 0.6) is 0 Å². The van der Waals surface area contributed by atoms with Crippen molar-refractivity contribution in [2.24, 2.45) is 0 Å². The molecule has 2 aromatic carbocycles. The van der Waals surface area contributed by atoms with E-state index < -0.39 is 0 Å². The van der Waals surface area contributed by atoms with Gasteiger partial charge in [0.2, 0.25) is 0 Å². The van der Waals surface area contributed by atoms with Crippen molar-refractivity contribution < 1.29 is 0 Å². The van der Waals surface area contributed by atoms with Crippen LogP contribution in [0.1, 0.15) is 43.4 Å².